The number of nitrogens with zero attached hydrogens (tertiary/aromatic N) is 2. The molecule has 3 aromatic carbocycles. The van der Waals surface area contributed by atoms with Gasteiger partial charge in [-0.05, 0) is 61.0 Å². The number of hydrogen-bond donors (Lipinski definition) is 1. The molecule has 0 aromatic heterocycles. The summed E-state index contributed by atoms with van der Waals surface area (Å²) in [5, 5.41) is 11.5. The molecule has 0 aliphatic rings. The normalized spacial score (nSPS) is 10.9. The van der Waals surface area contributed by atoms with Crippen LogP contribution in [0.15, 0.2) is 72.8 Å². The van der Waals surface area contributed by atoms with Gasteiger partial charge in [-0.1, -0.05) is 29.8 Å². The van der Waals surface area contributed by atoms with E-state index in [-0.39, 0.29) is 5.75 Å². The molecule has 1 N–H and O–H groups in total. The molecule has 3 aromatic rings. The van der Waals surface area contributed by atoms with Gasteiger partial charge in [0.1, 0.15) is 12.4 Å². The third-order valence-electron chi connectivity index (χ3n) is 4.51. The van der Waals surface area contributed by atoms with Gasteiger partial charge in [-0.25, -0.2) is 12.8 Å². The van der Waals surface area contributed by atoms with Crippen LogP contribution in [0.5, 0.6) is 0 Å². The molecule has 0 radical (unpaired) electrons. The fraction of sp³-hybridized carbons (Fsp3) is 0.130. The van der Waals surface area contributed by atoms with Crippen LogP contribution in [0.25, 0.3) is 0 Å². The maximum atomic E-state index is 13.2. The second-order valence-electron chi connectivity index (χ2n) is 6.96. The number of halogens is 1. The van der Waals surface area contributed by atoms with E-state index < -0.39 is 28.3 Å². The topological polar surface area (TPSA) is 90.3 Å². The number of benzene rings is 3. The fourth-order valence-corrected chi connectivity index (χ4v) is 4.42. The lowest BCUT2D eigenvalue weighted by Crippen LogP contribution is -2.38. The zero-order valence-electron chi connectivity index (χ0n) is 16.7. The van der Waals surface area contributed by atoms with Crippen molar-refractivity contribution in [3.05, 3.63) is 95.3 Å². The van der Waals surface area contributed by atoms with Crippen molar-refractivity contribution < 1.29 is 17.6 Å². The van der Waals surface area contributed by atoms with Gasteiger partial charge in [-0.3, -0.25) is 9.10 Å². The predicted octanol–water partition coefficient (Wildman–Crippen LogP) is 3.98. The average molecular weight is 437 g/mol. The summed E-state index contributed by atoms with van der Waals surface area (Å²) in [6, 6.07) is 20.2. The maximum absolute atomic E-state index is 13.2. The predicted molar refractivity (Wildman–Crippen MR) is 117 cm³/mol. The van der Waals surface area contributed by atoms with E-state index in [1.807, 2.05) is 13.0 Å². The van der Waals surface area contributed by atoms with Gasteiger partial charge < -0.3 is 5.32 Å². The first-order valence-corrected chi connectivity index (χ1v) is 11.0. The molecule has 0 saturated heterocycles. The van der Waals surface area contributed by atoms with Gasteiger partial charge in [0.25, 0.3) is 0 Å². The molecule has 0 spiro atoms. The van der Waals surface area contributed by atoms with Crippen molar-refractivity contribution in [3.63, 3.8) is 0 Å². The lowest BCUT2D eigenvalue weighted by Gasteiger charge is -2.24. The number of carbonyl (C=O) groups is 1. The van der Waals surface area contributed by atoms with Gasteiger partial charge >= 0.3 is 0 Å². The van der Waals surface area contributed by atoms with Crippen molar-refractivity contribution in [3.8, 4) is 6.07 Å². The molecule has 6 nitrogen and oxygen atoms in total. The lowest BCUT2D eigenvalue weighted by molar-refractivity contribution is -0.114. The molecule has 0 aliphatic carbocycles. The van der Waals surface area contributed by atoms with E-state index in [1.165, 1.54) is 24.3 Å². The number of amides is 1. The van der Waals surface area contributed by atoms with Crippen LogP contribution in [-0.2, 0) is 20.6 Å². The maximum Gasteiger partial charge on any atom is 0.245 e. The quantitative estimate of drug-likeness (QED) is 0.605. The van der Waals surface area contributed by atoms with Crippen molar-refractivity contribution in [2.24, 2.45) is 0 Å². The lowest BCUT2D eigenvalue weighted by atomic mass is 10.2. The highest BCUT2D eigenvalue weighted by molar-refractivity contribution is 7.92. The van der Waals surface area contributed by atoms with Crippen molar-refractivity contribution in [1.82, 2.24) is 0 Å². The molecular weight excluding hydrogens is 417 g/mol. The zero-order chi connectivity index (χ0) is 22.4. The van der Waals surface area contributed by atoms with Gasteiger partial charge in [0.15, 0.2) is 0 Å². The molecule has 0 aliphatic heterocycles. The Morgan fingerprint density at radius 1 is 1.00 bits per heavy atom. The van der Waals surface area contributed by atoms with Gasteiger partial charge in [0.2, 0.25) is 15.9 Å². The summed E-state index contributed by atoms with van der Waals surface area (Å²) in [5.41, 5.74) is 2.60. The molecule has 0 saturated carbocycles. The standard InChI is InChI=1S/C23H20FN3O3S/c1-17-2-12-22(13-3-17)27(31(29,30)16-19-4-8-20(24)9-5-19)15-23(28)26-21-10-6-18(14-25)7-11-21/h2-13H,15-16H2,1H3,(H,26,28). The SMILES string of the molecule is Cc1ccc(N(CC(=O)Nc2ccc(C#N)cc2)S(=O)(=O)Cc2ccc(F)cc2)cc1. The Kier molecular flexibility index (Phi) is 6.68. The largest absolute Gasteiger partial charge is 0.325 e. The van der Waals surface area contributed by atoms with Crippen molar-refractivity contribution in [2.45, 2.75) is 12.7 Å². The molecule has 31 heavy (non-hydrogen) atoms. The summed E-state index contributed by atoms with van der Waals surface area (Å²) in [6.45, 7) is 1.44. The minimum absolute atomic E-state index is 0.350. The number of aryl methyl sites for hydroxylation is 1. The number of hydrogen-bond acceptors (Lipinski definition) is 4. The average Bonchev–Trinajstić information content (AvgIpc) is 2.75. The summed E-state index contributed by atoms with van der Waals surface area (Å²) in [5.74, 6) is -1.38. The number of rotatable bonds is 7. The smallest absolute Gasteiger partial charge is 0.245 e. The second kappa shape index (κ2) is 9.41. The third kappa shape index (κ3) is 5.90. The Labute approximate surface area is 180 Å². The first-order valence-electron chi connectivity index (χ1n) is 9.38. The van der Waals surface area contributed by atoms with E-state index in [4.69, 9.17) is 5.26 Å². The molecule has 158 valence electrons. The zero-order valence-corrected chi connectivity index (χ0v) is 17.6. The highest BCUT2D eigenvalue weighted by atomic mass is 32.2. The second-order valence-corrected chi connectivity index (χ2v) is 8.86. The van der Waals surface area contributed by atoms with Gasteiger partial charge in [-0.2, -0.15) is 5.26 Å². The van der Waals surface area contributed by atoms with Gasteiger partial charge in [0.05, 0.1) is 23.1 Å². The molecular formula is C23H20FN3O3S. The van der Waals surface area contributed by atoms with Crippen molar-refractivity contribution in [2.75, 3.05) is 16.2 Å². The monoisotopic (exact) mass is 437 g/mol. The number of carbonyl (C=O) groups excluding carboxylic acids is 1. The Balaban J connectivity index is 1.84. The van der Waals surface area contributed by atoms with Crippen LogP contribution in [0.2, 0.25) is 0 Å². The molecule has 1 amide bonds. The molecule has 0 atom stereocenters. The Bertz CT molecular complexity index is 1200. The minimum Gasteiger partial charge on any atom is -0.325 e. The van der Waals surface area contributed by atoms with Crippen LogP contribution < -0.4 is 9.62 Å². The van der Waals surface area contributed by atoms with Crippen LogP contribution >= 0.6 is 0 Å². The summed E-state index contributed by atoms with van der Waals surface area (Å²) < 4.78 is 40.5. The van der Waals surface area contributed by atoms with Gasteiger partial charge in [-0.15, -0.1) is 0 Å². The number of nitriles is 1. The first-order chi connectivity index (χ1) is 14.8. The highest BCUT2D eigenvalue weighted by Gasteiger charge is 2.25. The van der Waals surface area contributed by atoms with Crippen LogP contribution in [0, 0.1) is 24.1 Å². The molecule has 0 heterocycles. The number of sulfonamides is 1. The van der Waals surface area contributed by atoms with Crippen LogP contribution in [0.4, 0.5) is 15.8 Å². The molecule has 0 unspecified atom stereocenters. The Hall–Kier alpha value is -3.70. The highest BCUT2D eigenvalue weighted by Crippen LogP contribution is 2.22. The van der Waals surface area contributed by atoms with Crippen LogP contribution in [-0.4, -0.2) is 20.9 Å². The Morgan fingerprint density at radius 2 is 1.61 bits per heavy atom. The van der Waals surface area contributed by atoms with Crippen molar-refractivity contribution >= 4 is 27.3 Å². The first kappa shape index (κ1) is 22.0. The Morgan fingerprint density at radius 3 is 2.19 bits per heavy atom. The van der Waals surface area contributed by atoms with E-state index in [9.17, 15) is 17.6 Å². The van der Waals surface area contributed by atoms with E-state index in [1.54, 1.807) is 48.5 Å². The molecule has 0 bridgehead atoms. The minimum atomic E-state index is -3.95. The summed E-state index contributed by atoms with van der Waals surface area (Å²) in [6.07, 6.45) is 0. The third-order valence-corrected chi connectivity index (χ3v) is 6.21. The number of anilines is 2. The summed E-state index contributed by atoms with van der Waals surface area (Å²) >= 11 is 0. The van der Waals surface area contributed by atoms with Crippen molar-refractivity contribution in [1.29, 1.82) is 5.26 Å². The van der Waals surface area contributed by atoms with E-state index >= 15 is 0 Å². The number of nitrogens with one attached hydrogen (secondary N) is 1. The summed E-state index contributed by atoms with van der Waals surface area (Å²) in [4.78, 5) is 12.6. The fourth-order valence-electron chi connectivity index (χ4n) is 2.89. The summed E-state index contributed by atoms with van der Waals surface area (Å²) in [7, 11) is -3.95. The van der Waals surface area contributed by atoms with E-state index in [0.29, 0.717) is 22.5 Å². The van der Waals surface area contributed by atoms with E-state index in [0.717, 1.165) is 9.87 Å². The molecule has 3 rings (SSSR count). The van der Waals surface area contributed by atoms with Gasteiger partial charge in [0, 0.05) is 5.69 Å². The molecule has 8 heteroatoms. The molecule has 0 fully saturated rings. The van der Waals surface area contributed by atoms with E-state index in [2.05, 4.69) is 5.32 Å². The van der Waals surface area contributed by atoms with Crippen LogP contribution in [0.3, 0.4) is 0 Å². The van der Waals surface area contributed by atoms with Crippen LogP contribution in [0.1, 0.15) is 16.7 Å².